The van der Waals surface area contributed by atoms with Crippen LogP contribution in [-0.4, -0.2) is 44.7 Å². The van der Waals surface area contributed by atoms with Crippen LogP contribution in [0, 0.1) is 13.8 Å². The van der Waals surface area contributed by atoms with Gasteiger partial charge in [-0.2, -0.15) is 5.10 Å². The minimum Gasteiger partial charge on any atom is -0.481 e. The van der Waals surface area contributed by atoms with E-state index in [1.165, 1.54) is 0 Å². The number of amides is 1. The Morgan fingerprint density at radius 2 is 2.14 bits per heavy atom. The Morgan fingerprint density at radius 3 is 2.76 bits per heavy atom. The number of hydrogen-bond donors (Lipinski definition) is 2. The van der Waals surface area contributed by atoms with Crippen LogP contribution in [-0.2, 0) is 16.0 Å². The molecule has 21 heavy (non-hydrogen) atoms. The number of nitrogens with one attached hydrogen (secondary N) is 1. The average molecular weight is 293 g/mol. The predicted octanol–water partition coefficient (Wildman–Crippen LogP) is 1.81. The lowest BCUT2D eigenvalue weighted by Gasteiger charge is -2.35. The van der Waals surface area contributed by atoms with Gasteiger partial charge in [0.15, 0.2) is 0 Å². The van der Waals surface area contributed by atoms with E-state index in [9.17, 15) is 9.59 Å². The third kappa shape index (κ3) is 3.83. The molecule has 116 valence electrons. The number of aromatic amines is 1. The highest BCUT2D eigenvalue weighted by molar-refractivity contribution is 5.79. The molecule has 1 amide bonds. The molecular weight excluding hydrogens is 270 g/mol. The number of carbonyl (C=O) groups is 2. The molecule has 0 unspecified atom stereocenters. The second kappa shape index (κ2) is 6.74. The molecule has 1 saturated heterocycles. The van der Waals surface area contributed by atoms with Gasteiger partial charge in [0.05, 0.1) is 12.1 Å². The Balaban J connectivity index is 2.03. The molecule has 0 spiro atoms. The van der Waals surface area contributed by atoms with Gasteiger partial charge in [-0.3, -0.25) is 14.7 Å². The Morgan fingerprint density at radius 1 is 1.38 bits per heavy atom. The first-order valence-electron chi connectivity index (χ1n) is 7.50. The molecule has 0 aromatic carbocycles. The van der Waals surface area contributed by atoms with E-state index in [2.05, 4.69) is 10.2 Å². The van der Waals surface area contributed by atoms with Gasteiger partial charge >= 0.3 is 5.97 Å². The molecule has 1 aromatic rings. The molecule has 1 aromatic heterocycles. The van der Waals surface area contributed by atoms with Crippen molar-refractivity contribution in [3.05, 3.63) is 17.0 Å². The number of carboxylic acids is 1. The van der Waals surface area contributed by atoms with E-state index in [0.717, 1.165) is 42.8 Å². The van der Waals surface area contributed by atoms with Crippen LogP contribution >= 0.6 is 0 Å². The summed E-state index contributed by atoms with van der Waals surface area (Å²) in [4.78, 5) is 25.2. The van der Waals surface area contributed by atoms with Gasteiger partial charge in [0.2, 0.25) is 5.91 Å². The number of piperidine rings is 1. The number of aliphatic carboxylic acids is 1. The van der Waals surface area contributed by atoms with Crippen LogP contribution < -0.4 is 0 Å². The summed E-state index contributed by atoms with van der Waals surface area (Å²) in [5, 5.41) is 15.9. The van der Waals surface area contributed by atoms with E-state index >= 15 is 0 Å². The molecule has 2 N–H and O–H groups in total. The molecule has 2 heterocycles. The van der Waals surface area contributed by atoms with Crippen LogP contribution in [0.1, 0.15) is 49.1 Å². The maximum Gasteiger partial charge on any atom is 0.303 e. The van der Waals surface area contributed by atoms with Gasteiger partial charge in [0.25, 0.3) is 0 Å². The van der Waals surface area contributed by atoms with Gasteiger partial charge in [-0.15, -0.1) is 0 Å². The van der Waals surface area contributed by atoms with Crippen LogP contribution in [0.25, 0.3) is 0 Å². The van der Waals surface area contributed by atoms with E-state index in [1.807, 2.05) is 18.7 Å². The molecule has 0 radical (unpaired) electrons. The van der Waals surface area contributed by atoms with Gasteiger partial charge < -0.3 is 10.0 Å². The molecule has 0 bridgehead atoms. The first-order chi connectivity index (χ1) is 9.99. The number of aryl methyl sites for hydroxylation is 2. The maximum absolute atomic E-state index is 12.6. The molecule has 1 aliphatic heterocycles. The Hall–Kier alpha value is -1.85. The number of carbonyl (C=O) groups excluding carboxylic acids is 1. The van der Waals surface area contributed by atoms with Gasteiger partial charge in [-0.1, -0.05) is 0 Å². The van der Waals surface area contributed by atoms with Crippen molar-refractivity contribution in [3.8, 4) is 0 Å². The third-order valence-electron chi connectivity index (χ3n) is 4.25. The van der Waals surface area contributed by atoms with E-state index < -0.39 is 5.97 Å². The molecule has 0 saturated carbocycles. The van der Waals surface area contributed by atoms with E-state index in [4.69, 9.17) is 5.11 Å². The van der Waals surface area contributed by atoms with Crippen LogP contribution in [0.5, 0.6) is 0 Å². The largest absolute Gasteiger partial charge is 0.481 e. The average Bonchev–Trinajstić information content (AvgIpc) is 2.77. The molecule has 1 fully saturated rings. The van der Waals surface area contributed by atoms with Gasteiger partial charge in [-0.25, -0.2) is 0 Å². The van der Waals surface area contributed by atoms with Crippen molar-refractivity contribution < 1.29 is 14.7 Å². The highest BCUT2D eigenvalue weighted by Gasteiger charge is 2.27. The lowest BCUT2D eigenvalue weighted by Crippen LogP contribution is -2.44. The second-order valence-corrected chi connectivity index (χ2v) is 5.76. The fourth-order valence-corrected chi connectivity index (χ4v) is 3.01. The summed E-state index contributed by atoms with van der Waals surface area (Å²) >= 11 is 0. The molecule has 1 atom stereocenters. The van der Waals surface area contributed by atoms with Crippen LogP contribution in [0.3, 0.4) is 0 Å². The van der Waals surface area contributed by atoms with Crippen LogP contribution in [0.2, 0.25) is 0 Å². The molecule has 2 rings (SSSR count). The third-order valence-corrected chi connectivity index (χ3v) is 4.25. The lowest BCUT2D eigenvalue weighted by molar-refractivity contribution is -0.139. The number of aromatic nitrogens is 2. The second-order valence-electron chi connectivity index (χ2n) is 5.76. The SMILES string of the molecule is Cc1n[nH]c(C)c1CC(=O)N1CCCC[C@H]1CCC(=O)O. The smallest absolute Gasteiger partial charge is 0.303 e. The lowest BCUT2D eigenvalue weighted by atomic mass is 9.96. The van der Waals surface area contributed by atoms with Crippen molar-refractivity contribution in [3.63, 3.8) is 0 Å². The number of hydrogen-bond acceptors (Lipinski definition) is 3. The Labute approximate surface area is 124 Å². The molecule has 1 aliphatic rings. The number of H-pyrrole nitrogens is 1. The molecule has 0 aliphatic carbocycles. The van der Waals surface area contributed by atoms with Crippen LogP contribution in [0.15, 0.2) is 0 Å². The van der Waals surface area contributed by atoms with E-state index in [-0.39, 0.29) is 18.4 Å². The molecule has 6 heteroatoms. The summed E-state index contributed by atoms with van der Waals surface area (Å²) in [6, 6.07) is 0.0647. The minimum absolute atomic E-state index is 0.0647. The van der Waals surface area contributed by atoms with Crippen molar-refractivity contribution in [1.29, 1.82) is 0 Å². The summed E-state index contributed by atoms with van der Waals surface area (Å²) in [6.07, 6.45) is 3.99. The van der Waals surface area contributed by atoms with Crippen molar-refractivity contribution >= 4 is 11.9 Å². The van der Waals surface area contributed by atoms with Gasteiger partial charge in [0.1, 0.15) is 0 Å². The predicted molar refractivity (Wildman–Crippen MR) is 78.0 cm³/mol. The zero-order valence-corrected chi connectivity index (χ0v) is 12.7. The fourth-order valence-electron chi connectivity index (χ4n) is 3.01. The zero-order valence-electron chi connectivity index (χ0n) is 12.7. The Bertz CT molecular complexity index is 505. The quantitative estimate of drug-likeness (QED) is 0.867. The normalized spacial score (nSPS) is 18.8. The highest BCUT2D eigenvalue weighted by atomic mass is 16.4. The summed E-state index contributed by atoms with van der Waals surface area (Å²) < 4.78 is 0. The molecule has 6 nitrogen and oxygen atoms in total. The zero-order chi connectivity index (χ0) is 15.4. The molecular formula is C15H23N3O3. The number of rotatable bonds is 5. The van der Waals surface area contributed by atoms with E-state index in [1.54, 1.807) is 0 Å². The first kappa shape index (κ1) is 15.5. The van der Waals surface area contributed by atoms with Gasteiger partial charge in [-0.05, 0) is 39.5 Å². The van der Waals surface area contributed by atoms with E-state index in [0.29, 0.717) is 12.8 Å². The summed E-state index contributed by atoms with van der Waals surface area (Å²) in [5.41, 5.74) is 2.75. The summed E-state index contributed by atoms with van der Waals surface area (Å²) in [6.45, 7) is 4.55. The van der Waals surface area contributed by atoms with Crippen molar-refractivity contribution in [2.24, 2.45) is 0 Å². The topological polar surface area (TPSA) is 86.3 Å². The number of likely N-dealkylation sites (tertiary alicyclic amines) is 1. The number of carboxylic acid groups (broad SMARTS) is 1. The summed E-state index contributed by atoms with van der Waals surface area (Å²) in [5.74, 6) is -0.716. The Kier molecular flexibility index (Phi) is 4.98. The fraction of sp³-hybridized carbons (Fsp3) is 0.667. The monoisotopic (exact) mass is 293 g/mol. The van der Waals surface area contributed by atoms with Crippen molar-refractivity contribution in [2.75, 3.05) is 6.54 Å². The first-order valence-corrected chi connectivity index (χ1v) is 7.50. The maximum atomic E-state index is 12.6. The highest BCUT2D eigenvalue weighted by Crippen LogP contribution is 2.22. The van der Waals surface area contributed by atoms with Crippen LogP contribution in [0.4, 0.5) is 0 Å². The minimum atomic E-state index is -0.797. The summed E-state index contributed by atoms with van der Waals surface area (Å²) in [7, 11) is 0. The van der Waals surface area contributed by atoms with Gasteiger partial charge in [0, 0.05) is 30.3 Å². The van der Waals surface area contributed by atoms with Crippen molar-refractivity contribution in [1.82, 2.24) is 15.1 Å². The standard InChI is InChI=1S/C15H23N3O3/c1-10-13(11(2)17-16-10)9-14(19)18-8-4-3-5-12(18)6-7-15(20)21/h12H,3-9H2,1-2H3,(H,16,17)(H,20,21)/t12-/m0/s1. The number of nitrogens with zero attached hydrogens (tertiary/aromatic N) is 2. The van der Waals surface area contributed by atoms with Crippen molar-refractivity contribution in [2.45, 2.75) is 58.4 Å².